The van der Waals surface area contributed by atoms with Gasteiger partial charge in [0.05, 0.1) is 0 Å². The van der Waals surface area contributed by atoms with Crippen LogP contribution in [0.4, 0.5) is 24.7 Å². The molecule has 5 nitrogen and oxygen atoms in total. The van der Waals surface area contributed by atoms with E-state index in [4.69, 9.17) is 4.74 Å². The molecule has 28 heavy (non-hydrogen) atoms. The number of halogens is 3. The fourth-order valence-corrected chi connectivity index (χ4v) is 2.69. The molecule has 0 aliphatic carbocycles. The molecule has 0 bridgehead atoms. The topological polar surface area (TPSA) is 73.7 Å². The molecular formula is C20H11F3N4O. The van der Waals surface area contributed by atoms with Gasteiger partial charge < -0.3 is 15.0 Å². The number of pyridine rings is 1. The van der Waals surface area contributed by atoms with Gasteiger partial charge in [-0.3, -0.25) is 0 Å². The summed E-state index contributed by atoms with van der Waals surface area (Å²) < 4.78 is 45.8. The van der Waals surface area contributed by atoms with Crippen LogP contribution in [0.15, 0.2) is 54.7 Å². The molecule has 0 amide bonds. The average Bonchev–Trinajstić information content (AvgIpc) is 3.13. The van der Waals surface area contributed by atoms with Crippen LogP contribution in [0.5, 0.6) is 11.5 Å². The number of nitriles is 1. The largest absolute Gasteiger partial charge is 0.454 e. The molecule has 0 radical (unpaired) electrons. The van der Waals surface area contributed by atoms with E-state index in [1.165, 1.54) is 12.1 Å². The summed E-state index contributed by atoms with van der Waals surface area (Å²) in [6, 6.07) is 13.1. The molecule has 8 heteroatoms. The third-order valence-electron chi connectivity index (χ3n) is 3.93. The summed E-state index contributed by atoms with van der Waals surface area (Å²) in [5.41, 5.74) is 1.57. The van der Waals surface area contributed by atoms with Gasteiger partial charge in [0, 0.05) is 41.7 Å². The molecule has 0 aliphatic rings. The van der Waals surface area contributed by atoms with Crippen LogP contribution in [0, 0.1) is 28.8 Å². The van der Waals surface area contributed by atoms with Crippen LogP contribution in [0.1, 0.15) is 5.69 Å². The summed E-state index contributed by atoms with van der Waals surface area (Å²) in [6.07, 6.45) is 1.81. The molecular weight excluding hydrogens is 369 g/mol. The van der Waals surface area contributed by atoms with E-state index in [9.17, 15) is 18.4 Å². The van der Waals surface area contributed by atoms with Crippen molar-refractivity contribution in [2.45, 2.75) is 0 Å². The number of aromatic amines is 1. The quantitative estimate of drug-likeness (QED) is 0.466. The van der Waals surface area contributed by atoms with Crippen LogP contribution in [-0.4, -0.2) is 9.97 Å². The Hall–Kier alpha value is -3.99. The summed E-state index contributed by atoms with van der Waals surface area (Å²) in [6.45, 7) is 0. The Morgan fingerprint density at radius 1 is 1.04 bits per heavy atom. The van der Waals surface area contributed by atoms with Crippen LogP contribution >= 0.6 is 0 Å². The summed E-state index contributed by atoms with van der Waals surface area (Å²) in [7, 11) is 0. The highest BCUT2D eigenvalue weighted by Crippen LogP contribution is 2.30. The van der Waals surface area contributed by atoms with Gasteiger partial charge in [0.25, 0.3) is 0 Å². The SMILES string of the molecule is N#Cc1cc(Oc2cc(F)cc(F)c2F)cc(Nc2ccc3cc[nH]c3c2)n1. The number of benzene rings is 2. The number of hydrogen-bond acceptors (Lipinski definition) is 4. The lowest BCUT2D eigenvalue weighted by molar-refractivity contribution is 0.408. The fourth-order valence-electron chi connectivity index (χ4n) is 2.69. The Morgan fingerprint density at radius 3 is 2.71 bits per heavy atom. The highest BCUT2D eigenvalue weighted by Gasteiger charge is 2.14. The Kier molecular flexibility index (Phi) is 4.33. The number of aromatic nitrogens is 2. The molecule has 2 aromatic carbocycles. The van der Waals surface area contributed by atoms with Crippen molar-refractivity contribution < 1.29 is 17.9 Å². The summed E-state index contributed by atoms with van der Waals surface area (Å²) in [5.74, 6) is -4.07. The lowest BCUT2D eigenvalue weighted by Crippen LogP contribution is -1.98. The standard InChI is InChI=1S/C20H11F3N4O/c21-12-5-16(22)20(23)18(6-12)28-15-7-14(10-24)27-19(9-15)26-13-2-1-11-3-4-25-17(11)8-13/h1-9,25H,(H,26,27). The maximum Gasteiger partial charge on any atom is 0.201 e. The zero-order valence-corrected chi connectivity index (χ0v) is 14.1. The third kappa shape index (κ3) is 3.46. The van der Waals surface area contributed by atoms with E-state index < -0.39 is 23.2 Å². The molecule has 0 fully saturated rings. The first-order valence-corrected chi connectivity index (χ1v) is 8.10. The van der Waals surface area contributed by atoms with Gasteiger partial charge in [-0.25, -0.2) is 13.8 Å². The molecule has 0 aliphatic heterocycles. The van der Waals surface area contributed by atoms with Crippen LogP contribution in [-0.2, 0) is 0 Å². The van der Waals surface area contributed by atoms with Gasteiger partial charge in [0.15, 0.2) is 11.6 Å². The molecule has 138 valence electrons. The highest BCUT2D eigenvalue weighted by atomic mass is 19.2. The predicted octanol–water partition coefficient (Wildman–Crippen LogP) is 5.39. The Bertz CT molecular complexity index is 1230. The monoisotopic (exact) mass is 380 g/mol. The minimum absolute atomic E-state index is 0.00102. The second kappa shape index (κ2) is 6.96. The molecule has 4 aromatic rings. The smallest absolute Gasteiger partial charge is 0.201 e. The fraction of sp³-hybridized carbons (Fsp3) is 0. The van der Waals surface area contributed by atoms with Crippen LogP contribution < -0.4 is 10.1 Å². The van der Waals surface area contributed by atoms with E-state index in [0.717, 1.165) is 17.0 Å². The van der Waals surface area contributed by atoms with Crippen molar-refractivity contribution in [1.82, 2.24) is 9.97 Å². The molecule has 2 heterocycles. The first-order valence-electron chi connectivity index (χ1n) is 8.10. The van der Waals surface area contributed by atoms with Crippen molar-refractivity contribution >= 4 is 22.4 Å². The minimum Gasteiger partial charge on any atom is -0.454 e. The molecule has 2 N–H and O–H groups in total. The van der Waals surface area contributed by atoms with Crippen molar-refractivity contribution in [2.75, 3.05) is 5.32 Å². The van der Waals surface area contributed by atoms with Gasteiger partial charge in [0.1, 0.15) is 29.1 Å². The molecule has 0 spiro atoms. The predicted molar refractivity (Wildman–Crippen MR) is 96.9 cm³/mol. The van der Waals surface area contributed by atoms with Crippen molar-refractivity contribution in [2.24, 2.45) is 0 Å². The van der Waals surface area contributed by atoms with Crippen molar-refractivity contribution in [3.63, 3.8) is 0 Å². The number of fused-ring (bicyclic) bond motifs is 1. The number of rotatable bonds is 4. The van der Waals surface area contributed by atoms with Gasteiger partial charge in [-0.2, -0.15) is 9.65 Å². The van der Waals surface area contributed by atoms with Gasteiger partial charge in [0.2, 0.25) is 5.82 Å². The first kappa shape index (κ1) is 17.4. The maximum atomic E-state index is 13.8. The normalized spacial score (nSPS) is 10.6. The molecule has 0 unspecified atom stereocenters. The van der Waals surface area contributed by atoms with Gasteiger partial charge in [-0.1, -0.05) is 6.07 Å². The van der Waals surface area contributed by atoms with E-state index in [0.29, 0.717) is 11.8 Å². The molecule has 0 atom stereocenters. The van der Waals surface area contributed by atoms with E-state index in [1.807, 2.05) is 36.5 Å². The molecule has 4 rings (SSSR count). The summed E-state index contributed by atoms with van der Waals surface area (Å²) >= 11 is 0. The number of nitrogens with one attached hydrogen (secondary N) is 2. The zero-order chi connectivity index (χ0) is 19.7. The number of hydrogen-bond donors (Lipinski definition) is 2. The summed E-state index contributed by atoms with van der Waals surface area (Å²) in [4.78, 5) is 7.19. The second-order valence-corrected chi connectivity index (χ2v) is 5.89. The number of H-pyrrole nitrogens is 1. The molecule has 2 aromatic heterocycles. The number of nitrogens with zero attached hydrogens (tertiary/aromatic N) is 2. The molecule has 0 saturated carbocycles. The van der Waals surface area contributed by atoms with E-state index in [2.05, 4.69) is 15.3 Å². The first-order chi connectivity index (χ1) is 13.5. The number of anilines is 2. The van der Waals surface area contributed by atoms with Crippen LogP contribution in [0.3, 0.4) is 0 Å². The van der Waals surface area contributed by atoms with Gasteiger partial charge in [-0.15, -0.1) is 0 Å². The summed E-state index contributed by atoms with van der Waals surface area (Å²) in [5, 5.41) is 13.2. The zero-order valence-electron chi connectivity index (χ0n) is 14.1. The van der Waals surface area contributed by atoms with Crippen molar-refractivity contribution in [1.29, 1.82) is 5.26 Å². The Labute approximate surface area is 157 Å². The van der Waals surface area contributed by atoms with Crippen LogP contribution in [0.25, 0.3) is 10.9 Å². The number of ether oxygens (including phenoxy) is 1. The van der Waals surface area contributed by atoms with Crippen molar-refractivity contribution in [3.8, 4) is 17.6 Å². The van der Waals surface area contributed by atoms with Gasteiger partial charge in [-0.05, 0) is 23.6 Å². The minimum atomic E-state index is -1.37. The van der Waals surface area contributed by atoms with Crippen molar-refractivity contribution in [3.05, 3.63) is 77.9 Å². The van der Waals surface area contributed by atoms with E-state index >= 15 is 0 Å². The maximum absolute atomic E-state index is 13.8. The van der Waals surface area contributed by atoms with Gasteiger partial charge >= 0.3 is 0 Å². The second-order valence-electron chi connectivity index (χ2n) is 5.89. The third-order valence-corrected chi connectivity index (χ3v) is 3.93. The van der Waals surface area contributed by atoms with Crippen LogP contribution in [0.2, 0.25) is 0 Å². The Balaban J connectivity index is 1.67. The lowest BCUT2D eigenvalue weighted by Gasteiger charge is -2.11. The van der Waals surface area contributed by atoms with E-state index in [-0.39, 0.29) is 17.3 Å². The highest BCUT2D eigenvalue weighted by molar-refractivity contribution is 5.83. The lowest BCUT2D eigenvalue weighted by atomic mass is 10.2. The Morgan fingerprint density at radius 2 is 1.89 bits per heavy atom. The molecule has 0 saturated heterocycles. The average molecular weight is 380 g/mol. The van der Waals surface area contributed by atoms with E-state index in [1.54, 1.807) is 0 Å².